The van der Waals surface area contributed by atoms with Gasteiger partial charge in [0.1, 0.15) is 11.5 Å². The molecule has 1 aromatic heterocycles. The average molecular weight is 181 g/mol. The third-order valence-electron chi connectivity index (χ3n) is 2.10. The van der Waals surface area contributed by atoms with Gasteiger partial charge in [-0.3, -0.25) is 0 Å². The Kier molecular flexibility index (Phi) is 3.15. The molecule has 0 aliphatic heterocycles. The molecule has 2 heteroatoms. The van der Waals surface area contributed by atoms with E-state index in [4.69, 9.17) is 4.42 Å². The number of furan rings is 1. The van der Waals surface area contributed by atoms with Crippen molar-refractivity contribution >= 4 is 0 Å². The van der Waals surface area contributed by atoms with Gasteiger partial charge in [-0.05, 0) is 31.5 Å². The Morgan fingerprint density at radius 3 is 2.54 bits per heavy atom. The molecule has 0 saturated carbocycles. The second kappa shape index (κ2) is 3.97. The van der Waals surface area contributed by atoms with E-state index in [1.165, 1.54) is 0 Å². The molecule has 13 heavy (non-hydrogen) atoms. The molecule has 0 spiro atoms. The van der Waals surface area contributed by atoms with Gasteiger partial charge in [-0.1, -0.05) is 13.8 Å². The fourth-order valence-corrected chi connectivity index (χ4v) is 1.59. The molecule has 0 unspecified atom stereocenters. The fraction of sp³-hybridized carbons (Fsp3) is 0.636. The van der Waals surface area contributed by atoms with Gasteiger partial charge >= 0.3 is 0 Å². The van der Waals surface area contributed by atoms with Crippen molar-refractivity contribution in [1.29, 1.82) is 0 Å². The lowest BCUT2D eigenvalue weighted by Crippen LogP contribution is -2.28. The smallest absolute Gasteiger partial charge is 0.104 e. The van der Waals surface area contributed by atoms with Crippen LogP contribution in [0.2, 0.25) is 0 Å². The van der Waals surface area contributed by atoms with Crippen molar-refractivity contribution in [3.63, 3.8) is 0 Å². The maximum Gasteiger partial charge on any atom is 0.104 e. The van der Waals surface area contributed by atoms with Gasteiger partial charge in [-0.25, -0.2) is 0 Å². The Balaban J connectivity index is 2.57. The van der Waals surface area contributed by atoms with Gasteiger partial charge in [0, 0.05) is 13.0 Å². The van der Waals surface area contributed by atoms with Crippen molar-refractivity contribution in [2.45, 2.75) is 27.2 Å². The average Bonchev–Trinajstić information content (AvgIpc) is 2.34. The molecule has 2 nitrogen and oxygen atoms in total. The molecule has 0 atom stereocenters. The van der Waals surface area contributed by atoms with Crippen LogP contribution in [0, 0.1) is 12.3 Å². The second-order valence-corrected chi connectivity index (χ2v) is 4.38. The predicted octanol–water partition coefficient (Wildman–Crippen LogP) is 2.38. The van der Waals surface area contributed by atoms with Crippen LogP contribution >= 0.6 is 0 Å². The van der Waals surface area contributed by atoms with Gasteiger partial charge in [-0.2, -0.15) is 0 Å². The topological polar surface area (TPSA) is 25.2 Å². The normalized spacial score (nSPS) is 12.0. The van der Waals surface area contributed by atoms with Crippen molar-refractivity contribution in [2.75, 3.05) is 13.6 Å². The summed E-state index contributed by atoms with van der Waals surface area (Å²) in [5.74, 6) is 2.08. The van der Waals surface area contributed by atoms with E-state index in [-0.39, 0.29) is 5.41 Å². The van der Waals surface area contributed by atoms with Crippen molar-refractivity contribution in [3.8, 4) is 0 Å². The summed E-state index contributed by atoms with van der Waals surface area (Å²) < 4.78 is 5.54. The summed E-state index contributed by atoms with van der Waals surface area (Å²) in [6.07, 6.45) is 0.988. The first-order valence-corrected chi connectivity index (χ1v) is 4.73. The van der Waals surface area contributed by atoms with E-state index in [0.29, 0.717) is 0 Å². The Morgan fingerprint density at radius 2 is 2.08 bits per heavy atom. The lowest BCUT2D eigenvalue weighted by Gasteiger charge is -2.22. The molecular formula is C11H19NO. The van der Waals surface area contributed by atoms with Gasteiger partial charge in [0.2, 0.25) is 0 Å². The number of hydrogen-bond acceptors (Lipinski definition) is 2. The molecule has 1 rings (SSSR count). The van der Waals surface area contributed by atoms with E-state index in [9.17, 15) is 0 Å². The van der Waals surface area contributed by atoms with Crippen LogP contribution in [-0.2, 0) is 6.42 Å². The van der Waals surface area contributed by atoms with Crippen LogP contribution in [0.15, 0.2) is 16.5 Å². The molecule has 74 valence electrons. The predicted molar refractivity (Wildman–Crippen MR) is 54.9 cm³/mol. The van der Waals surface area contributed by atoms with E-state index in [0.717, 1.165) is 24.5 Å². The minimum atomic E-state index is 0.263. The maximum atomic E-state index is 5.54. The molecule has 0 fully saturated rings. The highest BCUT2D eigenvalue weighted by Crippen LogP contribution is 2.21. The van der Waals surface area contributed by atoms with Crippen LogP contribution in [0.4, 0.5) is 0 Å². The van der Waals surface area contributed by atoms with Crippen molar-refractivity contribution in [1.82, 2.24) is 5.32 Å². The molecule has 1 aromatic rings. The van der Waals surface area contributed by atoms with Crippen LogP contribution < -0.4 is 5.32 Å². The van der Waals surface area contributed by atoms with Crippen molar-refractivity contribution in [2.24, 2.45) is 5.41 Å². The van der Waals surface area contributed by atoms with E-state index >= 15 is 0 Å². The van der Waals surface area contributed by atoms with Crippen molar-refractivity contribution in [3.05, 3.63) is 23.7 Å². The Hall–Kier alpha value is -0.760. The molecule has 0 aliphatic carbocycles. The van der Waals surface area contributed by atoms with Gasteiger partial charge < -0.3 is 9.73 Å². The summed E-state index contributed by atoms with van der Waals surface area (Å²) in [7, 11) is 1.98. The Morgan fingerprint density at radius 1 is 1.38 bits per heavy atom. The minimum absolute atomic E-state index is 0.263. The first kappa shape index (κ1) is 10.3. The van der Waals surface area contributed by atoms with Crippen molar-refractivity contribution < 1.29 is 4.42 Å². The summed E-state index contributed by atoms with van der Waals surface area (Å²) in [6, 6.07) is 4.08. The molecular weight excluding hydrogens is 162 g/mol. The quantitative estimate of drug-likeness (QED) is 0.771. The van der Waals surface area contributed by atoms with Crippen LogP contribution in [0.25, 0.3) is 0 Å². The lowest BCUT2D eigenvalue weighted by molar-refractivity contribution is 0.316. The minimum Gasteiger partial charge on any atom is -0.466 e. The van der Waals surface area contributed by atoms with Gasteiger partial charge in [0.05, 0.1) is 0 Å². The zero-order valence-electron chi connectivity index (χ0n) is 8.98. The molecule has 0 amide bonds. The lowest BCUT2D eigenvalue weighted by atomic mass is 9.88. The molecule has 1 N–H and O–H groups in total. The fourth-order valence-electron chi connectivity index (χ4n) is 1.59. The highest BCUT2D eigenvalue weighted by Gasteiger charge is 2.18. The largest absolute Gasteiger partial charge is 0.466 e. The van der Waals surface area contributed by atoms with E-state index < -0.39 is 0 Å². The monoisotopic (exact) mass is 181 g/mol. The van der Waals surface area contributed by atoms with Crippen LogP contribution in [0.1, 0.15) is 25.4 Å². The summed E-state index contributed by atoms with van der Waals surface area (Å²) in [5, 5.41) is 3.19. The summed E-state index contributed by atoms with van der Waals surface area (Å²) in [5.41, 5.74) is 0.263. The number of aryl methyl sites for hydroxylation is 1. The summed E-state index contributed by atoms with van der Waals surface area (Å²) >= 11 is 0. The van der Waals surface area contributed by atoms with Crippen LogP contribution in [0.3, 0.4) is 0 Å². The molecule has 0 aromatic carbocycles. The van der Waals surface area contributed by atoms with Gasteiger partial charge in [-0.15, -0.1) is 0 Å². The first-order chi connectivity index (χ1) is 6.03. The SMILES string of the molecule is CNCC(C)(C)Cc1ccc(C)o1. The van der Waals surface area contributed by atoms with Crippen LogP contribution in [-0.4, -0.2) is 13.6 Å². The third kappa shape index (κ3) is 3.23. The first-order valence-electron chi connectivity index (χ1n) is 4.73. The molecule has 0 aliphatic rings. The zero-order valence-corrected chi connectivity index (χ0v) is 8.98. The molecule has 0 radical (unpaired) electrons. The molecule has 1 heterocycles. The highest BCUT2D eigenvalue weighted by molar-refractivity contribution is 5.07. The van der Waals surface area contributed by atoms with Crippen LogP contribution in [0.5, 0.6) is 0 Å². The Bertz CT molecular complexity index is 263. The Labute approximate surface area is 80.3 Å². The van der Waals surface area contributed by atoms with E-state index in [2.05, 4.69) is 25.2 Å². The maximum absolute atomic E-state index is 5.54. The zero-order chi connectivity index (χ0) is 9.90. The van der Waals surface area contributed by atoms with E-state index in [1.54, 1.807) is 0 Å². The van der Waals surface area contributed by atoms with Gasteiger partial charge in [0.25, 0.3) is 0 Å². The number of rotatable bonds is 4. The molecule has 0 saturated heterocycles. The summed E-state index contributed by atoms with van der Waals surface area (Å²) in [6.45, 7) is 7.46. The number of nitrogens with one attached hydrogen (secondary N) is 1. The molecule has 0 bridgehead atoms. The van der Waals surface area contributed by atoms with Gasteiger partial charge in [0.15, 0.2) is 0 Å². The third-order valence-corrected chi connectivity index (χ3v) is 2.10. The standard InChI is InChI=1S/C11H19NO/c1-9-5-6-10(13-9)7-11(2,3)8-12-4/h5-6,12H,7-8H2,1-4H3. The highest BCUT2D eigenvalue weighted by atomic mass is 16.3. The number of hydrogen-bond donors (Lipinski definition) is 1. The summed E-state index contributed by atoms with van der Waals surface area (Å²) in [4.78, 5) is 0. The van der Waals surface area contributed by atoms with E-state index in [1.807, 2.05) is 20.0 Å². The second-order valence-electron chi connectivity index (χ2n) is 4.38.